The highest BCUT2D eigenvalue weighted by atomic mass is 16.1. The van der Waals surface area contributed by atoms with Gasteiger partial charge in [0.2, 0.25) is 0 Å². The smallest absolute Gasteiger partial charge is 0.159 e. The topological polar surface area (TPSA) is 17.1 Å². The van der Waals surface area contributed by atoms with E-state index in [1.807, 2.05) is 18.2 Å². The van der Waals surface area contributed by atoms with E-state index in [2.05, 4.69) is 32.0 Å². The predicted octanol–water partition coefficient (Wildman–Crippen LogP) is 4.24. The molecule has 0 aliphatic carbocycles. The molecule has 0 unspecified atom stereocenters. The third kappa shape index (κ3) is 2.73. The van der Waals surface area contributed by atoms with E-state index in [4.69, 9.17) is 0 Å². The zero-order chi connectivity index (χ0) is 12.4. The lowest BCUT2D eigenvalue weighted by Crippen LogP contribution is -1.94. The summed E-state index contributed by atoms with van der Waals surface area (Å²) >= 11 is 0. The number of ketones is 1. The van der Waals surface area contributed by atoms with E-state index in [0.29, 0.717) is 5.92 Å². The Morgan fingerprint density at radius 1 is 1.06 bits per heavy atom. The highest BCUT2D eigenvalue weighted by Crippen LogP contribution is 2.20. The molecule has 0 radical (unpaired) electrons. The Hall–Kier alpha value is -1.63. The average Bonchev–Trinajstić information content (AvgIpc) is 2.27. The SMILES string of the molecule is CC(=O)c1ccc2cc(CC(C)C)ccc2c1. The van der Waals surface area contributed by atoms with Gasteiger partial charge in [0.25, 0.3) is 0 Å². The van der Waals surface area contributed by atoms with Crippen molar-refractivity contribution in [2.75, 3.05) is 0 Å². The van der Waals surface area contributed by atoms with Gasteiger partial charge in [-0.3, -0.25) is 4.79 Å². The van der Waals surface area contributed by atoms with Crippen molar-refractivity contribution in [2.24, 2.45) is 5.92 Å². The second-order valence-electron chi connectivity index (χ2n) is 5.05. The van der Waals surface area contributed by atoms with Gasteiger partial charge < -0.3 is 0 Å². The van der Waals surface area contributed by atoms with Crippen LogP contribution in [0.3, 0.4) is 0 Å². The van der Waals surface area contributed by atoms with Crippen molar-refractivity contribution < 1.29 is 4.79 Å². The summed E-state index contributed by atoms with van der Waals surface area (Å²) in [5.41, 5.74) is 2.15. The van der Waals surface area contributed by atoms with Gasteiger partial charge in [-0.05, 0) is 41.7 Å². The molecule has 0 atom stereocenters. The first-order chi connectivity index (χ1) is 8.06. The van der Waals surface area contributed by atoms with Gasteiger partial charge >= 0.3 is 0 Å². The zero-order valence-corrected chi connectivity index (χ0v) is 10.7. The van der Waals surface area contributed by atoms with Crippen molar-refractivity contribution in [2.45, 2.75) is 27.2 Å². The molecular formula is C16H18O. The lowest BCUT2D eigenvalue weighted by Gasteiger charge is -2.07. The minimum absolute atomic E-state index is 0.123. The Morgan fingerprint density at radius 3 is 2.35 bits per heavy atom. The molecule has 0 N–H and O–H groups in total. The van der Waals surface area contributed by atoms with Crippen LogP contribution < -0.4 is 0 Å². The van der Waals surface area contributed by atoms with Gasteiger partial charge in [-0.1, -0.05) is 44.2 Å². The van der Waals surface area contributed by atoms with Crippen molar-refractivity contribution in [1.82, 2.24) is 0 Å². The number of carbonyl (C=O) groups is 1. The standard InChI is InChI=1S/C16H18O/c1-11(2)8-13-4-5-16-10-14(12(3)17)6-7-15(16)9-13/h4-7,9-11H,8H2,1-3H3. The minimum Gasteiger partial charge on any atom is -0.295 e. The zero-order valence-electron chi connectivity index (χ0n) is 10.7. The molecule has 0 aliphatic heterocycles. The molecule has 0 fully saturated rings. The molecule has 0 heterocycles. The van der Waals surface area contributed by atoms with E-state index in [-0.39, 0.29) is 5.78 Å². The fourth-order valence-electron chi connectivity index (χ4n) is 2.11. The maximum Gasteiger partial charge on any atom is 0.159 e. The number of hydrogen-bond acceptors (Lipinski definition) is 1. The van der Waals surface area contributed by atoms with E-state index in [1.165, 1.54) is 10.9 Å². The molecule has 0 aromatic heterocycles. The van der Waals surface area contributed by atoms with Crippen LogP contribution in [0.15, 0.2) is 36.4 Å². The van der Waals surface area contributed by atoms with E-state index < -0.39 is 0 Å². The molecule has 17 heavy (non-hydrogen) atoms. The number of carbonyl (C=O) groups excluding carboxylic acids is 1. The van der Waals surface area contributed by atoms with Crippen molar-refractivity contribution >= 4 is 16.6 Å². The number of benzene rings is 2. The van der Waals surface area contributed by atoms with E-state index >= 15 is 0 Å². The van der Waals surface area contributed by atoms with Gasteiger partial charge in [-0.15, -0.1) is 0 Å². The lowest BCUT2D eigenvalue weighted by molar-refractivity contribution is 0.101. The Bertz CT molecular complexity index is 552. The van der Waals surface area contributed by atoms with Crippen LogP contribution in [0.25, 0.3) is 10.8 Å². The normalized spacial score (nSPS) is 11.1. The summed E-state index contributed by atoms with van der Waals surface area (Å²) in [6, 6.07) is 12.4. The third-order valence-electron chi connectivity index (χ3n) is 2.96. The van der Waals surface area contributed by atoms with Crippen LogP contribution in [0.1, 0.15) is 36.7 Å². The second kappa shape index (κ2) is 4.70. The molecular weight excluding hydrogens is 208 g/mol. The van der Waals surface area contributed by atoms with Gasteiger partial charge in [0.1, 0.15) is 0 Å². The molecule has 0 aliphatic rings. The summed E-state index contributed by atoms with van der Waals surface area (Å²) in [5, 5.41) is 2.36. The molecule has 0 spiro atoms. The molecule has 0 amide bonds. The summed E-state index contributed by atoms with van der Waals surface area (Å²) < 4.78 is 0. The predicted molar refractivity (Wildman–Crippen MR) is 72.5 cm³/mol. The van der Waals surface area contributed by atoms with Gasteiger partial charge in [0.15, 0.2) is 5.78 Å². The number of hydrogen-bond donors (Lipinski definition) is 0. The fourth-order valence-corrected chi connectivity index (χ4v) is 2.11. The summed E-state index contributed by atoms with van der Waals surface area (Å²) in [7, 11) is 0. The third-order valence-corrected chi connectivity index (χ3v) is 2.96. The highest BCUT2D eigenvalue weighted by Gasteiger charge is 2.03. The Labute approximate surface area is 102 Å². The van der Waals surface area contributed by atoms with Gasteiger partial charge in [-0.25, -0.2) is 0 Å². The molecule has 2 aromatic carbocycles. The molecule has 88 valence electrons. The Morgan fingerprint density at radius 2 is 1.71 bits per heavy atom. The first-order valence-corrected chi connectivity index (χ1v) is 6.10. The first kappa shape index (κ1) is 11.8. The number of Topliss-reactive ketones (excluding diaryl/α,β-unsaturated/α-hetero) is 1. The van der Waals surface area contributed by atoms with Gasteiger partial charge in [-0.2, -0.15) is 0 Å². The number of rotatable bonds is 3. The molecule has 2 aromatic rings. The molecule has 1 nitrogen and oxygen atoms in total. The summed E-state index contributed by atoms with van der Waals surface area (Å²) in [6.45, 7) is 6.06. The lowest BCUT2D eigenvalue weighted by atomic mass is 9.98. The monoisotopic (exact) mass is 226 g/mol. The van der Waals surface area contributed by atoms with Crippen molar-refractivity contribution in [3.8, 4) is 0 Å². The molecule has 1 heteroatoms. The van der Waals surface area contributed by atoms with Crippen molar-refractivity contribution in [3.63, 3.8) is 0 Å². The van der Waals surface area contributed by atoms with Crippen molar-refractivity contribution in [3.05, 3.63) is 47.5 Å². The van der Waals surface area contributed by atoms with Crippen LogP contribution in [0.5, 0.6) is 0 Å². The van der Waals surface area contributed by atoms with Crippen LogP contribution in [0.4, 0.5) is 0 Å². The average molecular weight is 226 g/mol. The fraction of sp³-hybridized carbons (Fsp3) is 0.312. The summed E-state index contributed by atoms with van der Waals surface area (Å²) in [5.74, 6) is 0.794. The minimum atomic E-state index is 0.123. The number of fused-ring (bicyclic) bond motifs is 1. The maximum absolute atomic E-state index is 11.3. The van der Waals surface area contributed by atoms with Gasteiger partial charge in [0, 0.05) is 5.56 Å². The van der Waals surface area contributed by atoms with E-state index in [1.54, 1.807) is 6.92 Å². The van der Waals surface area contributed by atoms with E-state index in [0.717, 1.165) is 17.4 Å². The van der Waals surface area contributed by atoms with Crippen LogP contribution in [-0.2, 0) is 6.42 Å². The maximum atomic E-state index is 11.3. The van der Waals surface area contributed by atoms with Gasteiger partial charge in [0.05, 0.1) is 0 Å². The Kier molecular flexibility index (Phi) is 3.28. The Balaban J connectivity index is 2.43. The van der Waals surface area contributed by atoms with E-state index in [9.17, 15) is 4.79 Å². The molecule has 0 saturated carbocycles. The second-order valence-corrected chi connectivity index (χ2v) is 5.05. The first-order valence-electron chi connectivity index (χ1n) is 6.10. The van der Waals surface area contributed by atoms with Crippen LogP contribution in [-0.4, -0.2) is 5.78 Å². The molecule has 0 saturated heterocycles. The molecule has 2 rings (SSSR count). The highest BCUT2D eigenvalue weighted by molar-refractivity contribution is 5.98. The summed E-state index contributed by atoms with van der Waals surface area (Å²) in [6.07, 6.45) is 1.10. The summed E-state index contributed by atoms with van der Waals surface area (Å²) in [4.78, 5) is 11.3. The van der Waals surface area contributed by atoms with Crippen LogP contribution in [0.2, 0.25) is 0 Å². The van der Waals surface area contributed by atoms with Crippen molar-refractivity contribution in [1.29, 1.82) is 0 Å². The molecule has 0 bridgehead atoms. The largest absolute Gasteiger partial charge is 0.295 e. The van der Waals surface area contributed by atoms with Crippen LogP contribution >= 0.6 is 0 Å². The van der Waals surface area contributed by atoms with Crippen LogP contribution in [0, 0.1) is 5.92 Å². The quantitative estimate of drug-likeness (QED) is 0.715.